The van der Waals surface area contributed by atoms with Crippen molar-refractivity contribution >= 4 is 27.9 Å². The molecule has 0 aliphatic carbocycles. The molecule has 0 aliphatic heterocycles. The fourth-order valence-electron chi connectivity index (χ4n) is 1.72. The molecular formula is C16H15BrN2O2. The smallest absolute Gasteiger partial charge is 0.257 e. The summed E-state index contributed by atoms with van der Waals surface area (Å²) in [5.74, 6) is 5.40. The number of benzene rings is 2. The molecule has 0 heterocycles. The van der Waals surface area contributed by atoms with Crippen LogP contribution in [0.1, 0.15) is 11.1 Å². The summed E-state index contributed by atoms with van der Waals surface area (Å²) in [6, 6.07) is 15.4. The summed E-state index contributed by atoms with van der Waals surface area (Å²) in [6.45, 7) is 0.482. The zero-order chi connectivity index (χ0) is 15.1. The van der Waals surface area contributed by atoms with E-state index >= 15 is 0 Å². The molecule has 0 saturated heterocycles. The number of halogens is 1. The van der Waals surface area contributed by atoms with Crippen LogP contribution < -0.4 is 16.0 Å². The van der Waals surface area contributed by atoms with Gasteiger partial charge in [-0.05, 0) is 41.5 Å². The molecule has 4 nitrogen and oxygen atoms in total. The molecule has 5 heteroatoms. The Balaban J connectivity index is 2.01. The summed E-state index contributed by atoms with van der Waals surface area (Å²) in [5.41, 5.74) is 3.98. The maximum Gasteiger partial charge on any atom is 0.257 e. The van der Waals surface area contributed by atoms with Crippen molar-refractivity contribution in [2.24, 2.45) is 5.84 Å². The molecule has 0 atom stereocenters. The van der Waals surface area contributed by atoms with Gasteiger partial charge in [-0.3, -0.25) is 10.2 Å². The Morgan fingerprint density at radius 3 is 2.81 bits per heavy atom. The number of ether oxygens (including phenoxy) is 1. The number of nitrogens with two attached hydrogens (primary N) is 1. The Hall–Kier alpha value is -2.11. The third-order valence-corrected chi connectivity index (χ3v) is 3.22. The molecule has 0 aliphatic rings. The van der Waals surface area contributed by atoms with Gasteiger partial charge < -0.3 is 4.74 Å². The van der Waals surface area contributed by atoms with Gasteiger partial charge >= 0.3 is 0 Å². The maximum atomic E-state index is 11.1. The van der Waals surface area contributed by atoms with Gasteiger partial charge in [-0.1, -0.05) is 40.2 Å². The number of amides is 1. The van der Waals surface area contributed by atoms with Crippen LogP contribution in [0.25, 0.3) is 6.08 Å². The Labute approximate surface area is 131 Å². The molecule has 3 N–H and O–H groups in total. The number of hydrazine groups is 1. The van der Waals surface area contributed by atoms with Crippen LogP contribution in [-0.4, -0.2) is 5.91 Å². The van der Waals surface area contributed by atoms with Crippen molar-refractivity contribution in [1.29, 1.82) is 0 Å². The van der Waals surface area contributed by atoms with Gasteiger partial charge in [0.2, 0.25) is 0 Å². The Morgan fingerprint density at radius 2 is 2.05 bits per heavy atom. The van der Waals surface area contributed by atoms with Crippen LogP contribution in [0.15, 0.2) is 59.1 Å². The van der Waals surface area contributed by atoms with Crippen LogP contribution in [0.4, 0.5) is 0 Å². The van der Waals surface area contributed by atoms with Gasteiger partial charge in [-0.2, -0.15) is 0 Å². The molecule has 0 fully saturated rings. The van der Waals surface area contributed by atoms with Crippen molar-refractivity contribution in [1.82, 2.24) is 5.43 Å². The highest BCUT2D eigenvalue weighted by atomic mass is 79.9. The minimum atomic E-state index is -0.351. The molecule has 2 rings (SSSR count). The van der Waals surface area contributed by atoms with Gasteiger partial charge in [0.15, 0.2) is 0 Å². The van der Waals surface area contributed by atoms with Gasteiger partial charge in [-0.15, -0.1) is 0 Å². The van der Waals surface area contributed by atoms with Crippen LogP contribution in [0.2, 0.25) is 0 Å². The van der Waals surface area contributed by atoms with Crippen molar-refractivity contribution in [2.75, 3.05) is 0 Å². The van der Waals surface area contributed by atoms with Crippen molar-refractivity contribution in [3.05, 3.63) is 70.2 Å². The van der Waals surface area contributed by atoms with E-state index in [2.05, 4.69) is 15.9 Å². The normalized spacial score (nSPS) is 10.6. The van der Waals surface area contributed by atoms with E-state index in [0.717, 1.165) is 21.3 Å². The van der Waals surface area contributed by atoms with Crippen molar-refractivity contribution in [2.45, 2.75) is 6.61 Å². The molecule has 0 spiro atoms. The van der Waals surface area contributed by atoms with Gasteiger partial charge in [0.05, 0.1) is 0 Å². The second-order valence-corrected chi connectivity index (χ2v) is 5.25. The van der Waals surface area contributed by atoms with Crippen molar-refractivity contribution in [3.8, 4) is 5.75 Å². The molecule has 2 aromatic rings. The van der Waals surface area contributed by atoms with Crippen LogP contribution in [-0.2, 0) is 11.4 Å². The van der Waals surface area contributed by atoms with Gasteiger partial charge in [0.25, 0.3) is 5.91 Å². The second kappa shape index (κ2) is 7.61. The van der Waals surface area contributed by atoms with E-state index in [1.807, 2.05) is 54.0 Å². The molecule has 108 valence electrons. The van der Waals surface area contributed by atoms with E-state index in [-0.39, 0.29) is 5.91 Å². The quantitative estimate of drug-likeness (QED) is 0.378. The SMILES string of the molecule is NNC(=O)/C=C/c1cccc(OCc2cccc(Br)c2)c1. The Morgan fingerprint density at radius 1 is 1.24 bits per heavy atom. The molecule has 2 aromatic carbocycles. The molecule has 0 aromatic heterocycles. The number of hydrogen-bond acceptors (Lipinski definition) is 3. The van der Waals surface area contributed by atoms with Crippen molar-refractivity contribution < 1.29 is 9.53 Å². The maximum absolute atomic E-state index is 11.1. The highest BCUT2D eigenvalue weighted by Crippen LogP contribution is 2.17. The summed E-state index contributed by atoms with van der Waals surface area (Å²) < 4.78 is 6.76. The lowest BCUT2D eigenvalue weighted by molar-refractivity contribution is -0.116. The lowest BCUT2D eigenvalue weighted by atomic mass is 10.2. The number of carbonyl (C=O) groups is 1. The molecular weight excluding hydrogens is 332 g/mol. The topological polar surface area (TPSA) is 64.3 Å². The fourth-order valence-corrected chi connectivity index (χ4v) is 2.17. The average molecular weight is 347 g/mol. The number of carbonyl (C=O) groups excluding carboxylic acids is 1. The number of nitrogens with one attached hydrogen (secondary N) is 1. The van der Waals surface area contributed by atoms with E-state index in [9.17, 15) is 4.79 Å². The zero-order valence-electron chi connectivity index (χ0n) is 11.3. The predicted molar refractivity (Wildman–Crippen MR) is 86.3 cm³/mol. The van der Waals surface area contributed by atoms with E-state index in [1.54, 1.807) is 6.08 Å². The summed E-state index contributed by atoms with van der Waals surface area (Å²) >= 11 is 3.43. The molecule has 0 bridgehead atoms. The van der Waals surface area contributed by atoms with E-state index in [1.165, 1.54) is 6.08 Å². The monoisotopic (exact) mass is 346 g/mol. The second-order valence-electron chi connectivity index (χ2n) is 4.33. The Bertz CT molecular complexity index is 656. The van der Waals surface area contributed by atoms with Crippen LogP contribution in [0, 0.1) is 0 Å². The molecule has 0 saturated carbocycles. The van der Waals surface area contributed by atoms with E-state index < -0.39 is 0 Å². The van der Waals surface area contributed by atoms with Gasteiger partial charge in [0.1, 0.15) is 12.4 Å². The highest BCUT2D eigenvalue weighted by Gasteiger charge is 1.98. The first-order valence-corrected chi connectivity index (χ1v) is 7.12. The summed E-state index contributed by atoms with van der Waals surface area (Å²) in [5, 5.41) is 0. The standard InChI is InChI=1S/C16H15BrN2O2/c17-14-5-1-4-13(9-14)11-21-15-6-2-3-12(10-15)7-8-16(20)19-18/h1-10H,11,18H2,(H,19,20)/b8-7+. The van der Waals surface area contributed by atoms with Crippen LogP contribution in [0.3, 0.4) is 0 Å². The average Bonchev–Trinajstić information content (AvgIpc) is 2.51. The summed E-state index contributed by atoms with van der Waals surface area (Å²) in [7, 11) is 0. The van der Waals surface area contributed by atoms with Crippen LogP contribution in [0.5, 0.6) is 5.75 Å². The zero-order valence-corrected chi connectivity index (χ0v) is 12.8. The van der Waals surface area contributed by atoms with E-state index in [0.29, 0.717) is 6.61 Å². The number of rotatable bonds is 5. The third kappa shape index (κ3) is 5.06. The fraction of sp³-hybridized carbons (Fsp3) is 0.0625. The first-order valence-electron chi connectivity index (χ1n) is 6.33. The minimum Gasteiger partial charge on any atom is -0.489 e. The summed E-state index contributed by atoms with van der Waals surface area (Å²) in [4.78, 5) is 11.1. The summed E-state index contributed by atoms with van der Waals surface area (Å²) in [6.07, 6.45) is 3.04. The lowest BCUT2D eigenvalue weighted by Crippen LogP contribution is -2.27. The van der Waals surface area contributed by atoms with Crippen molar-refractivity contribution in [3.63, 3.8) is 0 Å². The van der Waals surface area contributed by atoms with Crippen LogP contribution >= 0.6 is 15.9 Å². The third-order valence-electron chi connectivity index (χ3n) is 2.72. The largest absolute Gasteiger partial charge is 0.489 e. The molecule has 0 radical (unpaired) electrons. The van der Waals surface area contributed by atoms with Gasteiger partial charge in [-0.25, -0.2) is 5.84 Å². The van der Waals surface area contributed by atoms with Gasteiger partial charge in [0, 0.05) is 10.5 Å². The predicted octanol–water partition coefficient (Wildman–Crippen LogP) is 3.03. The molecule has 0 unspecified atom stereocenters. The highest BCUT2D eigenvalue weighted by molar-refractivity contribution is 9.10. The molecule has 21 heavy (non-hydrogen) atoms. The lowest BCUT2D eigenvalue weighted by Gasteiger charge is -2.07. The first-order chi connectivity index (χ1) is 10.2. The van der Waals surface area contributed by atoms with E-state index in [4.69, 9.17) is 10.6 Å². The number of hydrogen-bond donors (Lipinski definition) is 2. The Kier molecular flexibility index (Phi) is 5.54. The molecule has 1 amide bonds. The first kappa shape index (κ1) is 15.3. The minimum absolute atomic E-state index is 0.351.